The topological polar surface area (TPSA) is 42.2 Å². The van der Waals surface area contributed by atoms with Crippen molar-refractivity contribution in [3.8, 4) is 0 Å². The van der Waals surface area contributed by atoms with Crippen LogP contribution in [-0.2, 0) is 4.79 Å². The van der Waals surface area contributed by atoms with Gasteiger partial charge < -0.3 is 9.73 Å². The average molecular weight is 165 g/mol. The number of nitrogens with one attached hydrogen (secondary N) is 1. The van der Waals surface area contributed by atoms with E-state index in [-0.39, 0.29) is 17.9 Å². The van der Waals surface area contributed by atoms with Crippen molar-refractivity contribution in [2.24, 2.45) is 0 Å². The van der Waals surface area contributed by atoms with Crippen molar-refractivity contribution < 1.29 is 9.21 Å². The van der Waals surface area contributed by atoms with E-state index in [4.69, 9.17) is 4.42 Å². The van der Waals surface area contributed by atoms with Gasteiger partial charge in [0.1, 0.15) is 0 Å². The second-order valence-corrected chi connectivity index (χ2v) is 3.22. The second kappa shape index (κ2) is 2.66. The summed E-state index contributed by atoms with van der Waals surface area (Å²) in [6, 6.07) is 2.15. The number of hydrogen-bond donors (Lipinski definition) is 1. The van der Waals surface area contributed by atoms with Gasteiger partial charge in [-0.2, -0.15) is 0 Å². The van der Waals surface area contributed by atoms with Gasteiger partial charge in [0.05, 0.1) is 12.5 Å². The number of hydrogen-bond acceptors (Lipinski definition) is 2. The Kier molecular flexibility index (Phi) is 1.64. The largest absolute Gasteiger partial charge is 0.472 e. The first-order chi connectivity index (χ1) is 5.77. The summed E-state index contributed by atoms with van der Waals surface area (Å²) in [5, 5.41) is 2.87. The molecule has 1 aromatic rings. The Morgan fingerprint density at radius 3 is 3.00 bits per heavy atom. The normalized spacial score (nSPS) is 28.9. The zero-order valence-electron chi connectivity index (χ0n) is 6.91. The summed E-state index contributed by atoms with van der Waals surface area (Å²) < 4.78 is 4.97. The van der Waals surface area contributed by atoms with Crippen LogP contribution >= 0.6 is 0 Å². The van der Waals surface area contributed by atoms with Crippen molar-refractivity contribution >= 4 is 5.91 Å². The van der Waals surface area contributed by atoms with Crippen LogP contribution in [0.1, 0.15) is 24.8 Å². The molecule has 0 aliphatic carbocycles. The molecular weight excluding hydrogens is 154 g/mol. The lowest BCUT2D eigenvalue weighted by atomic mass is 9.95. The molecule has 3 nitrogen and oxygen atoms in total. The highest BCUT2D eigenvalue weighted by molar-refractivity contribution is 5.80. The Morgan fingerprint density at radius 2 is 2.50 bits per heavy atom. The molecule has 0 saturated carbocycles. The lowest BCUT2D eigenvalue weighted by molar-refractivity contribution is -0.119. The molecule has 1 fully saturated rings. The molecule has 2 atom stereocenters. The summed E-state index contributed by atoms with van der Waals surface area (Å²) >= 11 is 0. The maximum atomic E-state index is 11.0. The lowest BCUT2D eigenvalue weighted by Crippen LogP contribution is -2.24. The summed E-state index contributed by atoms with van der Waals surface area (Å²) in [6.45, 7) is 2.02. The third-order valence-electron chi connectivity index (χ3n) is 2.37. The molecule has 12 heavy (non-hydrogen) atoms. The third-order valence-corrected chi connectivity index (χ3v) is 2.37. The summed E-state index contributed by atoms with van der Waals surface area (Å²) in [7, 11) is 0. The van der Waals surface area contributed by atoms with Crippen molar-refractivity contribution in [3.05, 3.63) is 24.2 Å². The van der Waals surface area contributed by atoms with Crippen LogP contribution in [0, 0.1) is 0 Å². The minimum absolute atomic E-state index is 0.133. The van der Waals surface area contributed by atoms with Gasteiger partial charge in [-0.15, -0.1) is 0 Å². The highest BCUT2D eigenvalue weighted by Gasteiger charge is 2.30. The molecule has 1 N–H and O–H groups in total. The van der Waals surface area contributed by atoms with Gasteiger partial charge in [0.2, 0.25) is 5.91 Å². The summed E-state index contributed by atoms with van der Waals surface area (Å²) in [5.41, 5.74) is 1.11. The van der Waals surface area contributed by atoms with E-state index in [0.717, 1.165) is 5.56 Å². The van der Waals surface area contributed by atoms with Gasteiger partial charge in [-0.3, -0.25) is 4.79 Å². The Hall–Kier alpha value is -1.25. The van der Waals surface area contributed by atoms with E-state index in [1.807, 2.05) is 13.0 Å². The first kappa shape index (κ1) is 7.40. The summed E-state index contributed by atoms with van der Waals surface area (Å²) in [6.07, 6.45) is 3.94. The minimum atomic E-state index is 0.133. The quantitative estimate of drug-likeness (QED) is 0.681. The molecule has 0 bridgehead atoms. The standard InChI is InChI=1S/C9H11NO2/c1-6-8(4-9(11)10-6)7-2-3-12-5-7/h2-3,5-6,8H,4H2,1H3,(H,10,11). The van der Waals surface area contributed by atoms with Crippen molar-refractivity contribution in [1.29, 1.82) is 0 Å². The van der Waals surface area contributed by atoms with Crippen molar-refractivity contribution in [1.82, 2.24) is 5.32 Å². The molecule has 3 heteroatoms. The van der Waals surface area contributed by atoms with Gasteiger partial charge in [-0.25, -0.2) is 0 Å². The van der Waals surface area contributed by atoms with Crippen LogP contribution in [0.2, 0.25) is 0 Å². The van der Waals surface area contributed by atoms with E-state index in [0.29, 0.717) is 6.42 Å². The molecule has 1 aliphatic rings. The highest BCUT2D eigenvalue weighted by Crippen LogP contribution is 2.27. The number of rotatable bonds is 1. The Labute approximate surface area is 70.8 Å². The molecule has 1 amide bonds. The molecular formula is C9H11NO2. The molecule has 2 unspecified atom stereocenters. The molecule has 1 aliphatic heterocycles. The molecule has 1 aromatic heterocycles. The fourth-order valence-electron chi connectivity index (χ4n) is 1.68. The third kappa shape index (κ3) is 1.11. The Bertz CT molecular complexity index is 279. The van der Waals surface area contributed by atoms with E-state index in [9.17, 15) is 4.79 Å². The van der Waals surface area contributed by atoms with Gasteiger partial charge in [0, 0.05) is 18.4 Å². The lowest BCUT2D eigenvalue weighted by Gasteiger charge is -2.10. The summed E-state index contributed by atoms with van der Waals surface area (Å²) in [4.78, 5) is 11.0. The minimum Gasteiger partial charge on any atom is -0.472 e. The maximum Gasteiger partial charge on any atom is 0.220 e. The molecule has 2 heterocycles. The van der Waals surface area contributed by atoms with Gasteiger partial charge in [0.15, 0.2) is 0 Å². The number of carbonyl (C=O) groups is 1. The van der Waals surface area contributed by atoms with Gasteiger partial charge >= 0.3 is 0 Å². The first-order valence-corrected chi connectivity index (χ1v) is 4.09. The van der Waals surface area contributed by atoms with Crippen molar-refractivity contribution in [3.63, 3.8) is 0 Å². The summed E-state index contributed by atoms with van der Waals surface area (Å²) in [5.74, 6) is 0.421. The van der Waals surface area contributed by atoms with E-state index in [2.05, 4.69) is 5.32 Å². The zero-order chi connectivity index (χ0) is 8.55. The SMILES string of the molecule is CC1NC(=O)CC1c1ccoc1. The van der Waals surface area contributed by atoms with E-state index >= 15 is 0 Å². The van der Waals surface area contributed by atoms with E-state index < -0.39 is 0 Å². The van der Waals surface area contributed by atoms with Gasteiger partial charge in [0.25, 0.3) is 0 Å². The maximum absolute atomic E-state index is 11.0. The van der Waals surface area contributed by atoms with E-state index in [1.54, 1.807) is 12.5 Å². The molecule has 0 aromatic carbocycles. The van der Waals surface area contributed by atoms with Crippen LogP contribution in [0.15, 0.2) is 23.0 Å². The number of furan rings is 1. The monoisotopic (exact) mass is 165 g/mol. The average Bonchev–Trinajstić information content (AvgIpc) is 2.58. The van der Waals surface area contributed by atoms with Gasteiger partial charge in [-0.05, 0) is 18.6 Å². The van der Waals surface area contributed by atoms with Crippen molar-refractivity contribution in [2.45, 2.75) is 25.3 Å². The molecule has 0 spiro atoms. The first-order valence-electron chi connectivity index (χ1n) is 4.09. The number of amides is 1. The van der Waals surface area contributed by atoms with Crippen LogP contribution in [0.5, 0.6) is 0 Å². The fraction of sp³-hybridized carbons (Fsp3) is 0.444. The molecule has 2 rings (SSSR count). The van der Waals surface area contributed by atoms with Crippen LogP contribution in [-0.4, -0.2) is 11.9 Å². The molecule has 0 radical (unpaired) electrons. The van der Waals surface area contributed by atoms with Crippen LogP contribution in [0.3, 0.4) is 0 Å². The molecule has 1 saturated heterocycles. The predicted octanol–water partition coefficient (Wildman–Crippen LogP) is 1.27. The Morgan fingerprint density at radius 1 is 1.67 bits per heavy atom. The van der Waals surface area contributed by atoms with Crippen molar-refractivity contribution in [2.75, 3.05) is 0 Å². The number of carbonyl (C=O) groups excluding carboxylic acids is 1. The van der Waals surface area contributed by atoms with Crippen LogP contribution in [0.25, 0.3) is 0 Å². The van der Waals surface area contributed by atoms with Crippen LogP contribution < -0.4 is 5.32 Å². The van der Waals surface area contributed by atoms with E-state index in [1.165, 1.54) is 0 Å². The Balaban J connectivity index is 2.20. The smallest absolute Gasteiger partial charge is 0.220 e. The predicted molar refractivity (Wildman–Crippen MR) is 43.7 cm³/mol. The fourth-order valence-corrected chi connectivity index (χ4v) is 1.68. The molecule has 64 valence electrons. The zero-order valence-corrected chi connectivity index (χ0v) is 6.91. The van der Waals surface area contributed by atoms with Crippen LogP contribution in [0.4, 0.5) is 0 Å². The highest BCUT2D eigenvalue weighted by atomic mass is 16.3. The van der Waals surface area contributed by atoms with Gasteiger partial charge in [-0.1, -0.05) is 0 Å². The second-order valence-electron chi connectivity index (χ2n) is 3.22.